The van der Waals surface area contributed by atoms with Crippen LogP contribution >= 0.6 is 11.6 Å². The average Bonchev–Trinajstić information content (AvgIpc) is 2.84. The Kier molecular flexibility index (Phi) is 3.75. The number of hydrogen-bond acceptors (Lipinski definition) is 5. The van der Waals surface area contributed by atoms with Crippen LogP contribution in [-0.2, 0) is 0 Å². The first-order valence-electron chi connectivity index (χ1n) is 6.37. The molecule has 5 nitrogen and oxygen atoms in total. The second-order valence-corrected chi connectivity index (χ2v) is 4.90. The van der Waals surface area contributed by atoms with E-state index in [1.54, 1.807) is 12.1 Å². The lowest BCUT2D eigenvalue weighted by molar-refractivity contribution is 0.483. The van der Waals surface area contributed by atoms with Crippen LogP contribution in [0.2, 0.25) is 5.02 Å². The lowest BCUT2D eigenvalue weighted by Crippen LogP contribution is -2.12. The quantitative estimate of drug-likeness (QED) is 0.914. The van der Waals surface area contributed by atoms with E-state index in [1.807, 2.05) is 36.4 Å². The predicted octanol–water partition coefficient (Wildman–Crippen LogP) is 3.27. The lowest BCUT2D eigenvalue weighted by atomic mass is 10.3. The monoisotopic (exact) mass is 300 g/mol. The van der Waals surface area contributed by atoms with Crippen molar-refractivity contribution in [3.63, 3.8) is 0 Å². The average molecular weight is 301 g/mol. The van der Waals surface area contributed by atoms with Crippen molar-refractivity contribution in [2.24, 2.45) is 15.7 Å². The van der Waals surface area contributed by atoms with E-state index in [0.29, 0.717) is 29.1 Å². The van der Waals surface area contributed by atoms with Crippen molar-refractivity contribution in [2.75, 3.05) is 11.9 Å². The van der Waals surface area contributed by atoms with Crippen LogP contribution in [-0.4, -0.2) is 18.3 Å². The number of hydrogen-bond donors (Lipinski definition) is 2. The number of aliphatic imine (C=N–C) groups is 2. The summed E-state index contributed by atoms with van der Waals surface area (Å²) in [5.74, 6) is 2.33. The largest absolute Gasteiger partial charge is 0.457 e. The number of nitrogens with one attached hydrogen (secondary N) is 1. The van der Waals surface area contributed by atoms with Gasteiger partial charge >= 0.3 is 0 Å². The fourth-order valence-electron chi connectivity index (χ4n) is 1.88. The molecule has 6 heteroatoms. The molecule has 0 spiro atoms. The maximum atomic E-state index is 6.11. The van der Waals surface area contributed by atoms with Crippen molar-refractivity contribution in [1.29, 1.82) is 0 Å². The number of nitrogens with zero attached hydrogens (tertiary/aromatic N) is 2. The minimum atomic E-state index is 0.413. The first kappa shape index (κ1) is 13.5. The van der Waals surface area contributed by atoms with Gasteiger partial charge < -0.3 is 15.8 Å². The molecule has 1 aliphatic heterocycles. The van der Waals surface area contributed by atoms with E-state index in [9.17, 15) is 0 Å². The molecule has 0 aromatic heterocycles. The number of guanidine groups is 1. The van der Waals surface area contributed by atoms with Crippen LogP contribution in [0.1, 0.15) is 0 Å². The molecule has 106 valence electrons. The number of halogens is 1. The van der Waals surface area contributed by atoms with Gasteiger partial charge in [0.1, 0.15) is 23.9 Å². The maximum Gasteiger partial charge on any atom is 0.224 e. The molecule has 3 N–H and O–H groups in total. The fourth-order valence-corrected chi connectivity index (χ4v) is 2.10. The summed E-state index contributed by atoms with van der Waals surface area (Å²) in [6.45, 7) is 0.413. The van der Waals surface area contributed by atoms with E-state index in [-0.39, 0.29) is 0 Å². The number of benzene rings is 2. The van der Waals surface area contributed by atoms with Gasteiger partial charge in [0, 0.05) is 16.8 Å². The van der Waals surface area contributed by atoms with Gasteiger partial charge in [-0.3, -0.25) is 0 Å². The Morgan fingerprint density at radius 1 is 1.10 bits per heavy atom. The molecule has 1 heterocycles. The Morgan fingerprint density at radius 3 is 2.62 bits per heavy atom. The normalized spacial score (nSPS) is 13.6. The number of amidine groups is 1. The van der Waals surface area contributed by atoms with Crippen molar-refractivity contribution in [3.05, 3.63) is 53.6 Å². The van der Waals surface area contributed by atoms with E-state index in [1.165, 1.54) is 0 Å². The van der Waals surface area contributed by atoms with E-state index < -0.39 is 0 Å². The molecule has 21 heavy (non-hydrogen) atoms. The van der Waals surface area contributed by atoms with Crippen molar-refractivity contribution in [1.82, 2.24) is 0 Å². The highest BCUT2D eigenvalue weighted by Gasteiger charge is 2.08. The molecule has 0 unspecified atom stereocenters. The van der Waals surface area contributed by atoms with Crippen LogP contribution < -0.4 is 15.8 Å². The van der Waals surface area contributed by atoms with Crippen LogP contribution in [0.4, 0.5) is 5.69 Å². The summed E-state index contributed by atoms with van der Waals surface area (Å²) in [7, 11) is 0. The second-order valence-electron chi connectivity index (χ2n) is 4.46. The zero-order valence-electron chi connectivity index (χ0n) is 11.1. The van der Waals surface area contributed by atoms with Crippen molar-refractivity contribution >= 4 is 29.1 Å². The highest BCUT2D eigenvalue weighted by molar-refractivity contribution is 6.31. The summed E-state index contributed by atoms with van der Waals surface area (Å²) < 4.78 is 5.76. The fraction of sp³-hybridized carbons (Fsp3) is 0.0667. The molecule has 0 bridgehead atoms. The zero-order chi connectivity index (χ0) is 14.7. The van der Waals surface area contributed by atoms with Gasteiger partial charge in [0.05, 0.1) is 0 Å². The van der Waals surface area contributed by atoms with Gasteiger partial charge in [-0.25, -0.2) is 4.99 Å². The predicted molar refractivity (Wildman–Crippen MR) is 85.5 cm³/mol. The summed E-state index contributed by atoms with van der Waals surface area (Å²) in [5, 5.41) is 3.61. The number of nitrogens with two attached hydrogens (primary N) is 1. The molecule has 2 aromatic carbocycles. The summed E-state index contributed by atoms with van der Waals surface area (Å²) in [5.41, 5.74) is 6.33. The SMILES string of the molecule is NC1=NC(Nc2cc(Cl)cc(Oc3ccccc3)c2)=NC1. The second kappa shape index (κ2) is 5.85. The van der Waals surface area contributed by atoms with Crippen LogP contribution in [0.25, 0.3) is 0 Å². The standard InChI is InChI=1S/C15H13ClN4O/c16-10-6-11(19-15-18-9-14(17)20-15)8-13(7-10)21-12-4-2-1-3-5-12/h1-8H,9H2,(H3,17,18,19,20). The summed E-state index contributed by atoms with van der Waals surface area (Å²) in [6, 6.07) is 14.8. The van der Waals surface area contributed by atoms with Gasteiger partial charge in [-0.1, -0.05) is 29.8 Å². The Bertz CT molecular complexity index is 713. The third-order valence-electron chi connectivity index (χ3n) is 2.75. The van der Waals surface area contributed by atoms with E-state index >= 15 is 0 Å². The molecular weight excluding hydrogens is 288 g/mol. The van der Waals surface area contributed by atoms with Crippen molar-refractivity contribution in [3.8, 4) is 11.5 Å². The zero-order valence-corrected chi connectivity index (χ0v) is 11.8. The molecule has 0 atom stereocenters. The topological polar surface area (TPSA) is 72.0 Å². The number of ether oxygens (including phenoxy) is 1. The van der Waals surface area contributed by atoms with Crippen molar-refractivity contribution < 1.29 is 4.74 Å². The smallest absolute Gasteiger partial charge is 0.224 e. The Labute approximate surface area is 127 Å². The molecule has 0 saturated carbocycles. The van der Waals surface area contributed by atoms with Gasteiger partial charge in [0.15, 0.2) is 0 Å². The first-order valence-corrected chi connectivity index (χ1v) is 6.75. The van der Waals surface area contributed by atoms with Crippen LogP contribution in [0.15, 0.2) is 58.5 Å². The summed E-state index contributed by atoms with van der Waals surface area (Å²) in [4.78, 5) is 8.22. The van der Waals surface area contributed by atoms with E-state index in [2.05, 4.69) is 15.3 Å². The highest BCUT2D eigenvalue weighted by atomic mass is 35.5. The van der Waals surface area contributed by atoms with Crippen LogP contribution in [0.5, 0.6) is 11.5 Å². The summed E-state index contributed by atoms with van der Waals surface area (Å²) >= 11 is 6.11. The van der Waals surface area contributed by atoms with Gasteiger partial charge in [-0.2, -0.15) is 4.99 Å². The molecular formula is C15H13ClN4O. The molecule has 0 fully saturated rings. The molecule has 0 amide bonds. The van der Waals surface area contributed by atoms with E-state index in [0.717, 1.165) is 11.4 Å². The highest BCUT2D eigenvalue weighted by Crippen LogP contribution is 2.28. The minimum absolute atomic E-state index is 0.413. The maximum absolute atomic E-state index is 6.11. The van der Waals surface area contributed by atoms with E-state index in [4.69, 9.17) is 22.1 Å². The Balaban J connectivity index is 1.80. The molecule has 2 aromatic rings. The number of rotatable bonds is 3. The van der Waals surface area contributed by atoms with Gasteiger partial charge in [0.25, 0.3) is 0 Å². The molecule has 1 aliphatic rings. The number of anilines is 1. The third kappa shape index (κ3) is 3.52. The van der Waals surface area contributed by atoms with Gasteiger partial charge in [-0.05, 0) is 24.3 Å². The molecule has 0 saturated heterocycles. The summed E-state index contributed by atoms with van der Waals surface area (Å²) in [6.07, 6.45) is 0. The van der Waals surface area contributed by atoms with Crippen LogP contribution in [0, 0.1) is 0 Å². The first-order chi connectivity index (χ1) is 10.2. The lowest BCUT2D eigenvalue weighted by Gasteiger charge is -2.09. The Hall–Kier alpha value is -2.53. The van der Waals surface area contributed by atoms with Gasteiger partial charge in [0.2, 0.25) is 5.96 Å². The molecule has 0 radical (unpaired) electrons. The van der Waals surface area contributed by atoms with Gasteiger partial charge in [-0.15, -0.1) is 0 Å². The van der Waals surface area contributed by atoms with Crippen molar-refractivity contribution in [2.45, 2.75) is 0 Å². The minimum Gasteiger partial charge on any atom is -0.457 e. The third-order valence-corrected chi connectivity index (χ3v) is 2.96. The molecule has 0 aliphatic carbocycles. The Morgan fingerprint density at radius 2 is 1.90 bits per heavy atom. The molecule has 3 rings (SSSR count). The number of para-hydroxylation sites is 1. The van der Waals surface area contributed by atoms with Crippen LogP contribution in [0.3, 0.4) is 0 Å².